The average molecular weight is 605 g/mol. The first-order chi connectivity index (χ1) is 20.2. The molecule has 16 heteroatoms. The third kappa shape index (κ3) is 10.6. The molecule has 0 fully saturated rings. The zero-order chi connectivity index (χ0) is 32.3. The minimum absolute atomic E-state index is 0.0104. The second kappa shape index (κ2) is 16.1. The van der Waals surface area contributed by atoms with Crippen molar-refractivity contribution in [2.75, 3.05) is 13.1 Å². The van der Waals surface area contributed by atoms with Crippen molar-refractivity contribution in [2.45, 2.75) is 70.2 Å². The fourth-order valence-electron chi connectivity index (χ4n) is 4.50. The van der Waals surface area contributed by atoms with Crippen molar-refractivity contribution in [3.8, 4) is 0 Å². The minimum Gasteiger partial charge on any atom is -0.481 e. The van der Waals surface area contributed by atoms with E-state index in [0.717, 1.165) is 11.1 Å². The summed E-state index contributed by atoms with van der Waals surface area (Å²) in [5.74, 6) is -6.37. The number of nitrogens with two attached hydrogens (primary N) is 3. The van der Waals surface area contributed by atoms with Crippen LogP contribution in [0.1, 0.15) is 44.2 Å². The first-order valence-electron chi connectivity index (χ1n) is 13.7. The lowest BCUT2D eigenvalue weighted by atomic mass is 9.92. The third-order valence-electron chi connectivity index (χ3n) is 6.81. The molecule has 1 aliphatic rings. The van der Waals surface area contributed by atoms with Crippen molar-refractivity contribution in [3.05, 3.63) is 35.4 Å². The molecule has 0 spiro atoms. The number of aliphatic imine (C=N–C) groups is 1. The number of amides is 4. The Kier molecular flexibility index (Phi) is 12.9. The van der Waals surface area contributed by atoms with Gasteiger partial charge in [0.1, 0.15) is 18.1 Å². The highest BCUT2D eigenvalue weighted by Crippen LogP contribution is 2.25. The van der Waals surface area contributed by atoms with Crippen LogP contribution in [-0.2, 0) is 41.7 Å². The van der Waals surface area contributed by atoms with Crippen LogP contribution in [0.25, 0.3) is 0 Å². The van der Waals surface area contributed by atoms with Gasteiger partial charge in [-0.05, 0) is 29.9 Å². The quantitative estimate of drug-likeness (QED) is 0.0595. The van der Waals surface area contributed by atoms with E-state index in [4.69, 9.17) is 17.2 Å². The normalized spacial score (nSPS) is 16.2. The monoisotopic (exact) mass is 604 g/mol. The Bertz CT molecular complexity index is 1230. The molecule has 0 saturated carbocycles. The number of carbonyl (C=O) groups is 6. The molecule has 1 heterocycles. The van der Waals surface area contributed by atoms with Crippen molar-refractivity contribution in [1.29, 1.82) is 0 Å². The molecule has 1 unspecified atom stereocenters. The van der Waals surface area contributed by atoms with E-state index in [1.807, 2.05) is 0 Å². The summed E-state index contributed by atoms with van der Waals surface area (Å²) in [4.78, 5) is 79.9. The maximum absolute atomic E-state index is 13.6. The number of nitrogens with one attached hydrogen (secondary N) is 3. The molecule has 0 saturated heterocycles. The highest BCUT2D eigenvalue weighted by Gasteiger charge is 2.39. The van der Waals surface area contributed by atoms with E-state index >= 15 is 0 Å². The van der Waals surface area contributed by atoms with Crippen molar-refractivity contribution >= 4 is 41.5 Å². The lowest BCUT2D eigenvalue weighted by molar-refractivity contribution is -0.153. The summed E-state index contributed by atoms with van der Waals surface area (Å²) in [5, 5.41) is 26.2. The smallest absolute Gasteiger partial charge is 0.326 e. The van der Waals surface area contributed by atoms with E-state index in [9.17, 15) is 39.0 Å². The largest absolute Gasteiger partial charge is 0.481 e. The van der Waals surface area contributed by atoms with Crippen molar-refractivity contribution < 1.29 is 39.0 Å². The Balaban J connectivity index is 2.07. The molecule has 1 aromatic carbocycles. The van der Waals surface area contributed by atoms with Gasteiger partial charge in [0.15, 0.2) is 5.96 Å². The molecule has 1 aromatic rings. The second-order valence-corrected chi connectivity index (χ2v) is 10.5. The Morgan fingerprint density at radius 2 is 1.67 bits per heavy atom. The molecule has 0 aromatic heterocycles. The van der Waals surface area contributed by atoms with E-state index in [2.05, 4.69) is 20.9 Å². The Labute approximate surface area is 248 Å². The number of carboxylic acid groups (broad SMARTS) is 2. The Morgan fingerprint density at radius 1 is 1.02 bits per heavy atom. The van der Waals surface area contributed by atoms with Crippen LogP contribution in [0.5, 0.6) is 0 Å². The van der Waals surface area contributed by atoms with E-state index in [1.165, 1.54) is 4.90 Å². The highest BCUT2D eigenvalue weighted by atomic mass is 16.4. The Morgan fingerprint density at radius 3 is 2.26 bits per heavy atom. The molecular formula is C27H40N8O8. The fraction of sp³-hybridized carbons (Fsp3) is 0.519. The zero-order valence-electron chi connectivity index (χ0n) is 24.1. The van der Waals surface area contributed by atoms with Crippen LogP contribution in [0.15, 0.2) is 29.3 Å². The summed E-state index contributed by atoms with van der Waals surface area (Å²) in [6, 6.07) is 2.18. The molecule has 43 heavy (non-hydrogen) atoms. The summed E-state index contributed by atoms with van der Waals surface area (Å²) in [6.07, 6.45) is -0.0975. The van der Waals surface area contributed by atoms with Crippen LogP contribution >= 0.6 is 0 Å². The lowest BCUT2D eigenvalue weighted by Gasteiger charge is -2.37. The molecular weight excluding hydrogens is 564 g/mol. The van der Waals surface area contributed by atoms with Crippen LogP contribution in [0, 0.1) is 5.92 Å². The standard InChI is InChI=1S/C27H40N8O8/c1-14(2)22(25(41)35-13-16-7-4-3-6-15(16)10-19(35)26(42)43)34-24(40)18(11-21(37)38)33-20(36)12-32-23(39)17(28)8-5-9-31-27(29)30/h3-4,6-7,14,17-19,22H,5,8-13,28H2,1-2H3,(H,32,39)(H,33,36)(H,34,40)(H,37,38)(H,42,43)(H4,29,30,31)/t17-,18-,19?,22-/m0/s1. The lowest BCUT2D eigenvalue weighted by Crippen LogP contribution is -2.60. The van der Waals surface area contributed by atoms with Crippen LogP contribution in [0.4, 0.5) is 0 Å². The summed E-state index contributed by atoms with van der Waals surface area (Å²) in [7, 11) is 0. The maximum Gasteiger partial charge on any atom is 0.326 e. The fourth-order valence-corrected chi connectivity index (χ4v) is 4.50. The van der Waals surface area contributed by atoms with E-state index in [0.29, 0.717) is 6.42 Å². The number of guanidine groups is 1. The van der Waals surface area contributed by atoms with Gasteiger partial charge in [0.2, 0.25) is 23.6 Å². The summed E-state index contributed by atoms with van der Waals surface area (Å²) < 4.78 is 0. The van der Waals surface area contributed by atoms with Gasteiger partial charge in [-0.3, -0.25) is 29.0 Å². The van der Waals surface area contributed by atoms with Gasteiger partial charge in [-0.15, -0.1) is 0 Å². The number of carboxylic acids is 2. The number of hydrogen-bond donors (Lipinski definition) is 8. The molecule has 11 N–H and O–H groups in total. The summed E-state index contributed by atoms with van der Waals surface area (Å²) in [6.45, 7) is 2.95. The topological polar surface area (TPSA) is 273 Å². The summed E-state index contributed by atoms with van der Waals surface area (Å²) >= 11 is 0. The molecule has 0 bridgehead atoms. The maximum atomic E-state index is 13.6. The Hall–Kier alpha value is -4.73. The first-order valence-corrected chi connectivity index (χ1v) is 13.7. The van der Waals surface area contributed by atoms with Gasteiger partial charge in [0.25, 0.3) is 0 Å². The summed E-state index contributed by atoms with van der Waals surface area (Å²) in [5.41, 5.74) is 17.8. The van der Waals surface area contributed by atoms with E-state index < -0.39 is 78.6 Å². The predicted molar refractivity (Wildman–Crippen MR) is 154 cm³/mol. The van der Waals surface area contributed by atoms with Gasteiger partial charge in [-0.25, -0.2) is 4.79 Å². The molecule has 1 aliphatic heterocycles. The van der Waals surface area contributed by atoms with Crippen molar-refractivity contribution in [2.24, 2.45) is 28.1 Å². The van der Waals surface area contributed by atoms with Crippen LogP contribution in [-0.4, -0.2) is 93.9 Å². The first kappa shape index (κ1) is 34.5. The molecule has 4 amide bonds. The number of aliphatic carboxylic acids is 2. The van der Waals surface area contributed by atoms with Crippen LogP contribution < -0.4 is 33.2 Å². The third-order valence-corrected chi connectivity index (χ3v) is 6.81. The van der Waals surface area contributed by atoms with Gasteiger partial charge < -0.3 is 48.3 Å². The number of fused-ring (bicyclic) bond motifs is 1. The highest BCUT2D eigenvalue weighted by molar-refractivity contribution is 5.96. The van der Waals surface area contributed by atoms with Gasteiger partial charge in [-0.1, -0.05) is 38.1 Å². The number of benzene rings is 1. The molecule has 0 radical (unpaired) electrons. The average Bonchev–Trinajstić information content (AvgIpc) is 2.94. The molecule has 236 valence electrons. The minimum atomic E-state index is -1.60. The number of rotatable bonds is 15. The zero-order valence-corrected chi connectivity index (χ0v) is 24.1. The van der Waals surface area contributed by atoms with Crippen molar-refractivity contribution in [3.63, 3.8) is 0 Å². The molecule has 2 rings (SSSR count). The van der Waals surface area contributed by atoms with Gasteiger partial charge in [0.05, 0.1) is 19.0 Å². The SMILES string of the molecule is CC(C)[C@H](NC(=O)[C@H](CC(=O)O)NC(=O)CNC(=O)[C@@H](N)CCCN=C(N)N)C(=O)N1Cc2ccccc2CC1C(=O)O. The predicted octanol–water partition coefficient (Wildman–Crippen LogP) is -2.38. The van der Waals surface area contributed by atoms with Gasteiger partial charge in [-0.2, -0.15) is 0 Å². The van der Waals surface area contributed by atoms with E-state index in [-0.39, 0.29) is 31.9 Å². The molecule has 4 atom stereocenters. The van der Waals surface area contributed by atoms with Crippen LogP contribution in [0.2, 0.25) is 0 Å². The molecule has 16 nitrogen and oxygen atoms in total. The second-order valence-electron chi connectivity index (χ2n) is 10.5. The van der Waals surface area contributed by atoms with E-state index in [1.54, 1.807) is 38.1 Å². The van der Waals surface area contributed by atoms with Crippen LogP contribution in [0.3, 0.4) is 0 Å². The van der Waals surface area contributed by atoms with Crippen molar-refractivity contribution in [1.82, 2.24) is 20.9 Å². The molecule has 0 aliphatic carbocycles. The van der Waals surface area contributed by atoms with Gasteiger partial charge >= 0.3 is 11.9 Å². The number of hydrogen-bond acceptors (Lipinski definition) is 8. The van der Waals surface area contributed by atoms with Gasteiger partial charge in [0, 0.05) is 19.5 Å². The number of nitrogens with zero attached hydrogens (tertiary/aromatic N) is 2. The number of carbonyl (C=O) groups excluding carboxylic acids is 4.